The molecule has 4 atom stereocenters. The second-order valence-electron chi connectivity index (χ2n) is 11.6. The number of carbonyl (C=O) groups excluding carboxylic acids is 1. The molecule has 1 aromatic heterocycles. The predicted octanol–water partition coefficient (Wildman–Crippen LogP) is 5.76. The van der Waals surface area contributed by atoms with Gasteiger partial charge in [0.05, 0.1) is 22.0 Å². The molecule has 7 nitrogen and oxygen atoms in total. The highest BCUT2D eigenvalue weighted by Crippen LogP contribution is 2.42. The molecule has 2 fully saturated rings. The average Bonchev–Trinajstić information content (AvgIpc) is 3.39. The summed E-state index contributed by atoms with van der Waals surface area (Å²) in [5.41, 5.74) is 2.67. The number of sulfone groups is 1. The van der Waals surface area contributed by atoms with Crippen LogP contribution in [0.2, 0.25) is 0 Å². The number of rotatable bonds is 8. The van der Waals surface area contributed by atoms with Crippen molar-refractivity contribution < 1.29 is 22.0 Å². The SMILES string of the molecule is Cc1nc2cc(F)ccc2n1C1C[C@H]2CC[C@@H](C1)N2CC[C@H](NC(=O)c1ccc(S(C)(=O)=O)cc1)c1cccc(F)c1. The van der Waals surface area contributed by atoms with E-state index in [2.05, 4.69) is 19.8 Å². The van der Waals surface area contributed by atoms with Crippen LogP contribution < -0.4 is 5.32 Å². The number of piperidine rings is 1. The summed E-state index contributed by atoms with van der Waals surface area (Å²) in [5.74, 6) is -0.0994. The summed E-state index contributed by atoms with van der Waals surface area (Å²) >= 11 is 0. The number of hydrogen-bond donors (Lipinski definition) is 1. The summed E-state index contributed by atoms with van der Waals surface area (Å²) < 4.78 is 53.9. The Labute approximate surface area is 244 Å². The summed E-state index contributed by atoms with van der Waals surface area (Å²) in [6.45, 7) is 2.72. The maximum absolute atomic E-state index is 14.2. The third-order valence-corrected chi connectivity index (χ3v) is 9.96. The van der Waals surface area contributed by atoms with E-state index < -0.39 is 15.9 Å². The quantitative estimate of drug-likeness (QED) is 0.282. The highest BCUT2D eigenvalue weighted by atomic mass is 32.2. The van der Waals surface area contributed by atoms with Crippen molar-refractivity contribution in [2.45, 2.75) is 68.1 Å². The Kier molecular flexibility index (Phi) is 7.61. The second-order valence-corrected chi connectivity index (χ2v) is 13.6. The molecule has 6 rings (SSSR count). The fourth-order valence-electron chi connectivity index (χ4n) is 6.89. The van der Waals surface area contributed by atoms with Gasteiger partial charge in [-0.25, -0.2) is 22.2 Å². The van der Waals surface area contributed by atoms with E-state index >= 15 is 0 Å². The number of imidazole rings is 1. The lowest BCUT2D eigenvalue weighted by atomic mass is 9.95. The lowest BCUT2D eigenvalue weighted by Gasteiger charge is -2.40. The molecular formula is C32H34F2N4O3S. The Balaban J connectivity index is 1.17. The Hall–Kier alpha value is -3.63. The number of aryl methyl sites for hydroxylation is 1. The van der Waals surface area contributed by atoms with Gasteiger partial charge in [-0.1, -0.05) is 12.1 Å². The monoisotopic (exact) mass is 592 g/mol. The third kappa shape index (κ3) is 5.70. The van der Waals surface area contributed by atoms with Gasteiger partial charge in [0.25, 0.3) is 5.91 Å². The molecule has 10 heteroatoms. The Morgan fingerprint density at radius 3 is 2.33 bits per heavy atom. The van der Waals surface area contributed by atoms with Crippen molar-refractivity contribution in [2.75, 3.05) is 12.8 Å². The smallest absolute Gasteiger partial charge is 0.251 e. The molecule has 3 heterocycles. The highest BCUT2D eigenvalue weighted by molar-refractivity contribution is 7.90. The fourth-order valence-corrected chi connectivity index (χ4v) is 7.52. The zero-order valence-corrected chi connectivity index (χ0v) is 24.4. The van der Waals surface area contributed by atoms with E-state index in [1.165, 1.54) is 48.5 Å². The minimum absolute atomic E-state index is 0.144. The number of halogens is 2. The molecule has 42 heavy (non-hydrogen) atoms. The van der Waals surface area contributed by atoms with Gasteiger partial charge in [-0.3, -0.25) is 9.69 Å². The second kappa shape index (κ2) is 11.2. The van der Waals surface area contributed by atoms with Crippen LogP contribution in [0.3, 0.4) is 0 Å². The van der Waals surface area contributed by atoms with Crippen LogP contribution in [0, 0.1) is 18.6 Å². The average molecular weight is 593 g/mol. The minimum atomic E-state index is -3.37. The van der Waals surface area contributed by atoms with Gasteiger partial charge in [-0.05, 0) is 93.1 Å². The summed E-state index contributed by atoms with van der Waals surface area (Å²) in [7, 11) is -3.37. The normalized spacial score (nSPS) is 21.5. The van der Waals surface area contributed by atoms with Gasteiger partial charge >= 0.3 is 0 Å². The molecule has 0 saturated carbocycles. The van der Waals surface area contributed by atoms with Crippen LogP contribution in [-0.2, 0) is 9.84 Å². The Morgan fingerprint density at radius 1 is 0.976 bits per heavy atom. The molecule has 0 radical (unpaired) electrons. The molecule has 0 spiro atoms. The van der Waals surface area contributed by atoms with Gasteiger partial charge in [0, 0.05) is 42.6 Å². The topological polar surface area (TPSA) is 84.3 Å². The Bertz CT molecular complexity index is 1720. The number of amides is 1. The fraction of sp³-hybridized carbons (Fsp3) is 0.375. The van der Waals surface area contributed by atoms with Gasteiger partial charge in [0.1, 0.15) is 17.5 Å². The molecule has 1 N–H and O–H groups in total. The van der Waals surface area contributed by atoms with Crippen molar-refractivity contribution in [1.29, 1.82) is 0 Å². The molecule has 2 bridgehead atoms. The zero-order valence-electron chi connectivity index (χ0n) is 23.6. The van der Waals surface area contributed by atoms with Crippen LogP contribution in [-0.4, -0.2) is 53.7 Å². The van der Waals surface area contributed by atoms with Crippen LogP contribution in [0.25, 0.3) is 11.0 Å². The van der Waals surface area contributed by atoms with Gasteiger partial charge in [0.2, 0.25) is 0 Å². The van der Waals surface area contributed by atoms with Crippen LogP contribution in [0.5, 0.6) is 0 Å². The zero-order chi connectivity index (χ0) is 29.6. The van der Waals surface area contributed by atoms with Crippen LogP contribution >= 0.6 is 0 Å². The summed E-state index contributed by atoms with van der Waals surface area (Å²) in [4.78, 5) is 20.5. The van der Waals surface area contributed by atoms with E-state index in [4.69, 9.17) is 0 Å². The molecule has 2 saturated heterocycles. The third-order valence-electron chi connectivity index (χ3n) is 8.83. The van der Waals surface area contributed by atoms with Gasteiger partial charge in [0.15, 0.2) is 9.84 Å². The summed E-state index contributed by atoms with van der Waals surface area (Å²) in [6, 6.07) is 17.5. The first-order valence-corrected chi connectivity index (χ1v) is 16.2. The van der Waals surface area contributed by atoms with E-state index in [9.17, 15) is 22.0 Å². The Morgan fingerprint density at radius 2 is 1.67 bits per heavy atom. The van der Waals surface area contributed by atoms with Crippen molar-refractivity contribution >= 4 is 26.8 Å². The lowest BCUT2D eigenvalue weighted by molar-refractivity contribution is 0.0896. The predicted molar refractivity (Wildman–Crippen MR) is 157 cm³/mol. The molecule has 2 aliphatic rings. The number of carbonyl (C=O) groups is 1. The molecule has 2 aliphatic heterocycles. The van der Waals surface area contributed by atoms with Crippen LogP contribution in [0.4, 0.5) is 8.78 Å². The van der Waals surface area contributed by atoms with Gasteiger partial charge < -0.3 is 9.88 Å². The van der Waals surface area contributed by atoms with Crippen LogP contribution in [0.15, 0.2) is 71.6 Å². The molecule has 1 unspecified atom stereocenters. The van der Waals surface area contributed by atoms with Gasteiger partial charge in [-0.2, -0.15) is 0 Å². The van der Waals surface area contributed by atoms with E-state index in [1.54, 1.807) is 6.07 Å². The first-order chi connectivity index (χ1) is 20.1. The van der Waals surface area contributed by atoms with Crippen molar-refractivity contribution in [3.63, 3.8) is 0 Å². The molecule has 1 amide bonds. The maximum Gasteiger partial charge on any atom is 0.251 e. The number of nitrogens with zero attached hydrogens (tertiary/aromatic N) is 3. The molecule has 0 aliphatic carbocycles. The lowest BCUT2D eigenvalue weighted by Crippen LogP contribution is -2.45. The van der Waals surface area contributed by atoms with E-state index in [0.717, 1.165) is 49.8 Å². The first kappa shape index (κ1) is 28.5. The number of hydrogen-bond acceptors (Lipinski definition) is 5. The molecular weight excluding hydrogens is 558 g/mol. The minimum Gasteiger partial charge on any atom is -0.345 e. The van der Waals surface area contributed by atoms with E-state index in [1.807, 2.05) is 19.1 Å². The van der Waals surface area contributed by atoms with Gasteiger partial charge in [-0.15, -0.1) is 0 Å². The maximum atomic E-state index is 14.2. The number of fused-ring (bicyclic) bond motifs is 3. The number of aromatic nitrogens is 2. The van der Waals surface area contributed by atoms with Crippen molar-refractivity contribution in [1.82, 2.24) is 19.8 Å². The summed E-state index contributed by atoms with van der Waals surface area (Å²) in [5, 5.41) is 3.06. The van der Waals surface area contributed by atoms with Crippen LogP contribution in [0.1, 0.15) is 65.9 Å². The molecule has 220 valence electrons. The molecule has 4 aromatic rings. The van der Waals surface area contributed by atoms with E-state index in [0.29, 0.717) is 35.1 Å². The highest BCUT2D eigenvalue weighted by Gasteiger charge is 2.41. The van der Waals surface area contributed by atoms with Crippen molar-refractivity contribution in [2.24, 2.45) is 0 Å². The number of benzene rings is 3. The largest absolute Gasteiger partial charge is 0.345 e. The standard InChI is InChI=1S/C32H34F2N4O3S/c1-20-35-30-17-24(34)8-13-31(30)38(20)27-18-25-9-10-26(19-27)37(25)15-14-29(22-4-3-5-23(33)16-22)36-32(39)21-6-11-28(12-7-21)42(2,40)41/h3-8,11-13,16-17,25-27,29H,9-10,14-15,18-19H2,1-2H3,(H,36,39)/t25-,26+,27?,29-/m0/s1. The van der Waals surface area contributed by atoms with E-state index in [-0.39, 0.29) is 28.5 Å². The van der Waals surface area contributed by atoms with Crippen molar-refractivity contribution in [3.8, 4) is 0 Å². The first-order valence-electron chi connectivity index (χ1n) is 14.3. The number of nitrogens with one attached hydrogen (secondary N) is 1. The van der Waals surface area contributed by atoms with Crippen molar-refractivity contribution in [3.05, 3.63) is 95.3 Å². The summed E-state index contributed by atoms with van der Waals surface area (Å²) in [6.07, 6.45) is 5.82. The molecule has 3 aromatic carbocycles.